The standard InChI is InChI=1S/C13H7Cl2F5O2/c14-9(15)4-5-3-6(5)12(21)22-13(19,20)7-1-2-8(16)11(18)10(7)17/h1-2,4-6H,3H2/t5-,6+/m0/s1. The zero-order valence-electron chi connectivity index (χ0n) is 10.6. The Morgan fingerprint density at radius 3 is 2.45 bits per heavy atom. The molecule has 9 heteroatoms. The molecule has 2 atom stereocenters. The Morgan fingerprint density at radius 1 is 1.23 bits per heavy atom. The molecule has 1 aliphatic carbocycles. The maximum absolute atomic E-state index is 13.7. The van der Waals surface area contributed by atoms with Gasteiger partial charge in [-0.2, -0.15) is 8.78 Å². The molecule has 1 fully saturated rings. The average Bonchev–Trinajstić information content (AvgIpc) is 3.13. The van der Waals surface area contributed by atoms with Crippen LogP contribution in [0.25, 0.3) is 0 Å². The molecule has 0 saturated heterocycles. The van der Waals surface area contributed by atoms with E-state index < -0.39 is 46.9 Å². The molecule has 22 heavy (non-hydrogen) atoms. The minimum Gasteiger partial charge on any atom is -0.397 e. The van der Waals surface area contributed by atoms with E-state index in [1.165, 1.54) is 6.08 Å². The first kappa shape index (κ1) is 17.0. The van der Waals surface area contributed by atoms with Crippen molar-refractivity contribution < 1.29 is 31.5 Å². The van der Waals surface area contributed by atoms with Gasteiger partial charge in [-0.3, -0.25) is 4.79 Å². The van der Waals surface area contributed by atoms with Gasteiger partial charge in [0.05, 0.1) is 5.92 Å². The monoisotopic (exact) mass is 360 g/mol. The van der Waals surface area contributed by atoms with Crippen LogP contribution in [0.2, 0.25) is 0 Å². The van der Waals surface area contributed by atoms with Gasteiger partial charge in [0.2, 0.25) is 0 Å². The second-order valence-electron chi connectivity index (χ2n) is 4.62. The summed E-state index contributed by atoms with van der Waals surface area (Å²) in [6, 6.07) is 0.617. The zero-order valence-corrected chi connectivity index (χ0v) is 12.1. The van der Waals surface area contributed by atoms with Crippen LogP contribution in [0.15, 0.2) is 22.7 Å². The highest BCUT2D eigenvalue weighted by Gasteiger charge is 2.48. The number of hydrogen-bond donors (Lipinski definition) is 0. The zero-order chi connectivity index (χ0) is 16.7. The van der Waals surface area contributed by atoms with Crippen molar-refractivity contribution in [3.05, 3.63) is 45.7 Å². The van der Waals surface area contributed by atoms with Crippen LogP contribution in [-0.2, 0) is 15.6 Å². The molecule has 0 aromatic heterocycles. The summed E-state index contributed by atoms with van der Waals surface area (Å²) in [5.74, 6) is -8.49. The van der Waals surface area contributed by atoms with Crippen molar-refractivity contribution in [1.82, 2.24) is 0 Å². The number of benzene rings is 1. The third-order valence-electron chi connectivity index (χ3n) is 3.06. The largest absolute Gasteiger partial charge is 0.431 e. The minimum absolute atomic E-state index is 0.126. The number of alkyl halides is 2. The van der Waals surface area contributed by atoms with Crippen LogP contribution in [0.1, 0.15) is 12.0 Å². The molecule has 0 amide bonds. The number of ether oxygens (including phenoxy) is 1. The first-order valence-electron chi connectivity index (χ1n) is 5.91. The van der Waals surface area contributed by atoms with Gasteiger partial charge in [-0.1, -0.05) is 29.3 Å². The van der Waals surface area contributed by atoms with Gasteiger partial charge in [0.25, 0.3) is 0 Å². The molecule has 1 aromatic rings. The van der Waals surface area contributed by atoms with E-state index >= 15 is 0 Å². The number of carbonyl (C=O) groups excluding carboxylic acids is 1. The molecule has 0 heterocycles. The van der Waals surface area contributed by atoms with Crippen molar-refractivity contribution in [1.29, 1.82) is 0 Å². The van der Waals surface area contributed by atoms with E-state index in [0.29, 0.717) is 12.1 Å². The quantitative estimate of drug-likeness (QED) is 0.443. The molecule has 0 radical (unpaired) electrons. The predicted molar refractivity (Wildman–Crippen MR) is 67.7 cm³/mol. The van der Waals surface area contributed by atoms with E-state index in [1.54, 1.807) is 0 Å². The number of halogens is 7. The third kappa shape index (κ3) is 3.52. The summed E-state index contributed by atoms with van der Waals surface area (Å²) in [4.78, 5) is 11.5. The van der Waals surface area contributed by atoms with Gasteiger partial charge in [0.15, 0.2) is 17.5 Å². The van der Waals surface area contributed by atoms with Gasteiger partial charge in [0, 0.05) is 0 Å². The highest BCUT2D eigenvalue weighted by Crippen LogP contribution is 2.44. The van der Waals surface area contributed by atoms with Gasteiger partial charge < -0.3 is 4.74 Å². The van der Waals surface area contributed by atoms with Crippen molar-refractivity contribution in [3.8, 4) is 0 Å². The lowest BCUT2D eigenvalue weighted by Gasteiger charge is -2.17. The van der Waals surface area contributed by atoms with E-state index in [1.807, 2.05) is 0 Å². The van der Waals surface area contributed by atoms with E-state index in [0.717, 1.165) is 0 Å². The second kappa shape index (κ2) is 6.04. The maximum Gasteiger partial charge on any atom is 0.431 e. The maximum atomic E-state index is 13.7. The highest BCUT2D eigenvalue weighted by molar-refractivity contribution is 6.55. The molecule has 0 bridgehead atoms. The van der Waals surface area contributed by atoms with Crippen molar-refractivity contribution in [2.24, 2.45) is 11.8 Å². The Labute approximate surface area is 131 Å². The highest BCUT2D eigenvalue weighted by atomic mass is 35.5. The van der Waals surface area contributed by atoms with Gasteiger partial charge >= 0.3 is 12.1 Å². The van der Waals surface area contributed by atoms with E-state index in [-0.39, 0.29) is 10.9 Å². The van der Waals surface area contributed by atoms with Gasteiger partial charge in [-0.05, 0) is 24.5 Å². The molecule has 0 spiro atoms. The van der Waals surface area contributed by atoms with Crippen LogP contribution < -0.4 is 0 Å². The molecule has 120 valence electrons. The Balaban J connectivity index is 2.14. The summed E-state index contributed by atoms with van der Waals surface area (Å²) in [6.45, 7) is 0. The third-order valence-corrected chi connectivity index (χ3v) is 3.31. The summed E-state index contributed by atoms with van der Waals surface area (Å²) in [7, 11) is 0. The molecule has 0 unspecified atom stereocenters. The van der Waals surface area contributed by atoms with Gasteiger partial charge in [-0.15, -0.1) is 0 Å². The van der Waals surface area contributed by atoms with Crippen LogP contribution >= 0.6 is 23.2 Å². The number of carbonyl (C=O) groups is 1. The first-order chi connectivity index (χ1) is 10.1. The van der Waals surface area contributed by atoms with Gasteiger partial charge in [-0.25, -0.2) is 13.2 Å². The van der Waals surface area contributed by atoms with E-state index in [2.05, 4.69) is 4.74 Å². The van der Waals surface area contributed by atoms with Crippen molar-refractivity contribution >= 4 is 29.2 Å². The SMILES string of the molecule is O=C(OC(F)(F)c1ccc(F)c(F)c1F)[C@@H]1C[C@H]1C=C(Cl)Cl. The number of esters is 1. The minimum atomic E-state index is -4.43. The fraction of sp³-hybridized carbons (Fsp3) is 0.308. The van der Waals surface area contributed by atoms with Crippen LogP contribution in [0, 0.1) is 29.3 Å². The van der Waals surface area contributed by atoms with Crippen molar-refractivity contribution in [2.45, 2.75) is 12.5 Å². The molecule has 0 N–H and O–H groups in total. The summed E-state index contributed by atoms with van der Waals surface area (Å²) < 4.78 is 70.3. The molecule has 1 aromatic carbocycles. The van der Waals surface area contributed by atoms with Crippen molar-refractivity contribution in [2.75, 3.05) is 0 Å². The van der Waals surface area contributed by atoms with Crippen LogP contribution in [0.3, 0.4) is 0 Å². The molecule has 2 nitrogen and oxygen atoms in total. The smallest absolute Gasteiger partial charge is 0.397 e. The summed E-state index contributed by atoms with van der Waals surface area (Å²) in [6.07, 6.45) is -2.96. The van der Waals surface area contributed by atoms with E-state index in [4.69, 9.17) is 23.2 Å². The number of allylic oxidation sites excluding steroid dienone is 1. The number of hydrogen-bond acceptors (Lipinski definition) is 2. The Morgan fingerprint density at radius 2 is 1.86 bits per heavy atom. The lowest BCUT2D eigenvalue weighted by atomic mass is 10.2. The summed E-state index contributed by atoms with van der Waals surface area (Å²) in [5.41, 5.74) is -1.57. The molecular formula is C13H7Cl2F5O2. The molecule has 2 rings (SSSR count). The fourth-order valence-electron chi connectivity index (χ4n) is 1.84. The lowest BCUT2D eigenvalue weighted by molar-refractivity contribution is -0.243. The van der Waals surface area contributed by atoms with Crippen LogP contribution in [0.5, 0.6) is 0 Å². The van der Waals surface area contributed by atoms with Crippen LogP contribution in [0.4, 0.5) is 22.0 Å². The normalized spacial score (nSPS) is 20.5. The second-order valence-corrected chi connectivity index (χ2v) is 5.63. The van der Waals surface area contributed by atoms with Gasteiger partial charge in [0.1, 0.15) is 10.1 Å². The molecular weight excluding hydrogens is 354 g/mol. The lowest BCUT2D eigenvalue weighted by Crippen LogP contribution is -2.26. The molecule has 0 aliphatic heterocycles. The number of rotatable bonds is 4. The Hall–Kier alpha value is -1.34. The Bertz CT molecular complexity index is 644. The van der Waals surface area contributed by atoms with Crippen LogP contribution in [-0.4, -0.2) is 5.97 Å². The summed E-state index contributed by atoms with van der Waals surface area (Å²) >= 11 is 10.7. The molecule has 1 saturated carbocycles. The first-order valence-corrected chi connectivity index (χ1v) is 6.66. The predicted octanol–water partition coefficient (Wildman–Crippen LogP) is 4.65. The molecule has 1 aliphatic rings. The average molecular weight is 361 g/mol. The van der Waals surface area contributed by atoms with Crippen molar-refractivity contribution in [3.63, 3.8) is 0 Å². The van der Waals surface area contributed by atoms with E-state index in [9.17, 15) is 26.7 Å². The topological polar surface area (TPSA) is 26.3 Å². The Kier molecular flexibility index (Phi) is 4.67. The summed E-state index contributed by atoms with van der Waals surface area (Å²) in [5, 5.41) is 0. The fourth-order valence-corrected chi connectivity index (χ4v) is 2.16.